The van der Waals surface area contributed by atoms with Crippen molar-refractivity contribution in [2.45, 2.75) is 69.6 Å². The first-order valence-electron chi connectivity index (χ1n) is 13.4. The minimum Gasteiger partial charge on any atom is -0.337 e. The summed E-state index contributed by atoms with van der Waals surface area (Å²) < 4.78 is 17.1. The number of aromatic nitrogens is 3. The summed E-state index contributed by atoms with van der Waals surface area (Å²) >= 11 is 0. The van der Waals surface area contributed by atoms with E-state index in [1.54, 1.807) is 30.5 Å². The number of carbonyl (C=O) groups excluding carboxylic acids is 2. The van der Waals surface area contributed by atoms with Gasteiger partial charge in [-0.1, -0.05) is 26.0 Å². The highest BCUT2D eigenvalue weighted by atomic mass is 32.2. The first-order valence-corrected chi connectivity index (χ1v) is 14.9. The molecule has 2 heterocycles. The van der Waals surface area contributed by atoms with Crippen molar-refractivity contribution in [2.75, 3.05) is 17.2 Å². The molecule has 2 aliphatic rings. The Balaban J connectivity index is 1.22. The number of nitrogens with two attached hydrogens (primary N) is 1. The fourth-order valence-corrected chi connectivity index (χ4v) is 6.15. The Kier molecular flexibility index (Phi) is 7.56. The van der Waals surface area contributed by atoms with E-state index in [1.165, 1.54) is 6.20 Å². The molecule has 0 fully saturated rings. The number of nitrogens with one attached hydrogen (secondary N) is 3. The Morgan fingerprint density at radius 2 is 1.82 bits per heavy atom. The second-order valence-electron chi connectivity index (χ2n) is 10.9. The molecule has 2 aromatic heterocycles. The summed E-state index contributed by atoms with van der Waals surface area (Å²) in [6.07, 6.45) is 8.11. The first kappa shape index (κ1) is 27.7. The van der Waals surface area contributed by atoms with E-state index in [9.17, 15) is 13.8 Å². The largest absolute Gasteiger partial charge is 0.354 e. The molecule has 5 rings (SSSR count). The van der Waals surface area contributed by atoms with E-state index >= 15 is 0 Å². The highest BCUT2D eigenvalue weighted by molar-refractivity contribution is 7.91. The van der Waals surface area contributed by atoms with Gasteiger partial charge in [-0.15, -0.1) is 4.36 Å². The number of aryl methyl sites for hydroxylation is 2. The normalized spacial score (nSPS) is 16.4. The van der Waals surface area contributed by atoms with Crippen LogP contribution in [0.3, 0.4) is 0 Å². The zero-order chi connectivity index (χ0) is 28.5. The third-order valence-electron chi connectivity index (χ3n) is 7.40. The van der Waals surface area contributed by atoms with Gasteiger partial charge >= 0.3 is 12.1 Å². The Hall–Kier alpha value is -3.90. The number of urea groups is 2. The molecule has 0 saturated heterocycles. The smallest absolute Gasteiger partial charge is 0.337 e. The van der Waals surface area contributed by atoms with Crippen LogP contribution in [0, 0.1) is 6.92 Å². The second kappa shape index (κ2) is 10.9. The Morgan fingerprint density at radius 1 is 1.05 bits per heavy atom. The van der Waals surface area contributed by atoms with Crippen LogP contribution in [0.15, 0.2) is 45.9 Å². The molecule has 5 N–H and O–H groups in total. The number of anilines is 2. The molecule has 1 aromatic carbocycles. The van der Waals surface area contributed by atoms with Crippen LogP contribution in [0.1, 0.15) is 60.5 Å². The second-order valence-corrected chi connectivity index (χ2v) is 12.7. The third kappa shape index (κ3) is 5.97. The average molecular weight is 563 g/mol. The number of nitrogens with zero attached hydrogens (tertiary/aromatic N) is 4. The summed E-state index contributed by atoms with van der Waals surface area (Å²) in [7, 11) is -3.46. The number of benzene rings is 1. The lowest BCUT2D eigenvalue weighted by molar-refractivity contribution is 0.252. The molecule has 0 spiro atoms. The lowest BCUT2D eigenvalue weighted by Gasteiger charge is -2.20. The highest BCUT2D eigenvalue weighted by Crippen LogP contribution is 2.44. The van der Waals surface area contributed by atoms with E-state index < -0.39 is 22.0 Å². The maximum absolute atomic E-state index is 13.2. The quantitative estimate of drug-likeness (QED) is 0.352. The van der Waals surface area contributed by atoms with Crippen LogP contribution < -0.4 is 21.1 Å². The number of fused-ring (bicyclic) bond motifs is 2. The molecule has 0 radical (unpaired) electrons. The number of pyridine rings is 1. The predicted octanol–water partition coefficient (Wildman–Crippen LogP) is 4.19. The fourth-order valence-electron chi connectivity index (χ4n) is 5.23. The van der Waals surface area contributed by atoms with Crippen molar-refractivity contribution >= 4 is 33.5 Å². The average Bonchev–Trinajstić information content (AvgIpc) is 3.49. The van der Waals surface area contributed by atoms with Crippen molar-refractivity contribution in [1.29, 1.82) is 0 Å². The van der Waals surface area contributed by atoms with Gasteiger partial charge < -0.3 is 10.6 Å². The maximum Gasteiger partial charge on any atom is 0.354 e. The van der Waals surface area contributed by atoms with Crippen LogP contribution in [0.5, 0.6) is 0 Å². The Morgan fingerprint density at radius 3 is 2.55 bits per heavy atom. The van der Waals surface area contributed by atoms with Crippen molar-refractivity contribution in [3.63, 3.8) is 0 Å². The third-order valence-corrected chi connectivity index (χ3v) is 8.78. The minimum atomic E-state index is -3.46. The van der Waals surface area contributed by atoms with Crippen LogP contribution >= 0.6 is 0 Å². The Labute approximate surface area is 234 Å². The lowest BCUT2D eigenvalue weighted by Crippen LogP contribution is -2.30. The molecule has 0 bridgehead atoms. The zero-order valence-corrected chi connectivity index (χ0v) is 23.7. The molecule has 40 heavy (non-hydrogen) atoms. The number of carbonyl (C=O) groups is 2. The van der Waals surface area contributed by atoms with Gasteiger partial charge in [-0.3, -0.25) is 15.3 Å². The van der Waals surface area contributed by atoms with E-state index in [0.717, 1.165) is 71.6 Å². The molecule has 2 aliphatic carbocycles. The van der Waals surface area contributed by atoms with Crippen LogP contribution in [0.25, 0.3) is 0 Å². The molecule has 12 heteroatoms. The van der Waals surface area contributed by atoms with Crippen LogP contribution in [0.2, 0.25) is 0 Å². The number of hydrogen-bond acceptors (Lipinski definition) is 6. The van der Waals surface area contributed by atoms with E-state index in [2.05, 4.69) is 44.1 Å². The van der Waals surface area contributed by atoms with Crippen molar-refractivity contribution in [1.82, 2.24) is 20.3 Å². The summed E-state index contributed by atoms with van der Waals surface area (Å²) in [5.41, 5.74) is 6.54. The van der Waals surface area contributed by atoms with E-state index in [1.807, 2.05) is 6.92 Å². The predicted molar refractivity (Wildman–Crippen MR) is 154 cm³/mol. The molecule has 210 valence electrons. The number of hydrogen-bond donors (Lipinski definition) is 4. The zero-order valence-electron chi connectivity index (χ0n) is 22.9. The molecule has 0 saturated carbocycles. The lowest BCUT2D eigenvalue weighted by atomic mass is 9.90. The molecule has 11 nitrogen and oxygen atoms in total. The topological polar surface area (TPSA) is 164 Å². The molecule has 1 atom stereocenters. The van der Waals surface area contributed by atoms with Crippen molar-refractivity contribution < 1.29 is 13.8 Å². The van der Waals surface area contributed by atoms with Gasteiger partial charge in [0.2, 0.25) is 0 Å². The molecule has 1 unspecified atom stereocenters. The highest BCUT2D eigenvalue weighted by Gasteiger charge is 2.36. The first-order chi connectivity index (χ1) is 19.0. The van der Waals surface area contributed by atoms with Crippen molar-refractivity contribution in [3.05, 3.63) is 70.4 Å². The minimum absolute atomic E-state index is 0.0537. The number of rotatable bonds is 6. The van der Waals surface area contributed by atoms with Crippen molar-refractivity contribution in [3.8, 4) is 0 Å². The molecular formula is C28H34N8O3S. The summed E-state index contributed by atoms with van der Waals surface area (Å²) in [5, 5.41) is 14.3. The van der Waals surface area contributed by atoms with Gasteiger partial charge in [-0.2, -0.15) is 0 Å². The molecule has 0 aliphatic heterocycles. The van der Waals surface area contributed by atoms with E-state index in [-0.39, 0.29) is 10.3 Å². The fraction of sp³-hybridized carbons (Fsp3) is 0.393. The Bertz CT molecular complexity index is 1580. The number of amides is 4. The summed E-state index contributed by atoms with van der Waals surface area (Å²) in [6, 6.07) is 5.59. The van der Waals surface area contributed by atoms with Gasteiger partial charge in [0.15, 0.2) is 5.82 Å². The van der Waals surface area contributed by atoms with E-state index in [0.29, 0.717) is 18.8 Å². The monoisotopic (exact) mass is 562 g/mol. The van der Waals surface area contributed by atoms with Gasteiger partial charge in [0.05, 0.1) is 34.4 Å². The van der Waals surface area contributed by atoms with E-state index in [4.69, 9.17) is 10.1 Å². The van der Waals surface area contributed by atoms with Crippen molar-refractivity contribution in [2.24, 2.45) is 9.50 Å². The van der Waals surface area contributed by atoms with Gasteiger partial charge in [-0.05, 0) is 74.3 Å². The van der Waals surface area contributed by atoms with Gasteiger partial charge in [0.25, 0.3) is 0 Å². The van der Waals surface area contributed by atoms with Crippen LogP contribution in [0.4, 0.5) is 21.1 Å². The summed E-state index contributed by atoms with van der Waals surface area (Å²) in [4.78, 5) is 38.4. The molecule has 3 aromatic rings. The van der Waals surface area contributed by atoms with Gasteiger partial charge in [0.1, 0.15) is 9.92 Å². The van der Waals surface area contributed by atoms with Crippen LogP contribution in [-0.2, 0) is 41.0 Å². The maximum atomic E-state index is 13.2. The SMILES string of the molecule is Cc1cnc(NC(=O)NCCc2ccc(S(N)(=O)=NC(=O)Nc3c4c(nc5c3CCC5(C)C)CCC4)cc2)cn1. The standard InChI is InChI=1S/C28H34N8O3S/c1-17-15-32-23(16-31-17)34-26(37)30-14-12-18-7-9-19(10-8-18)40(29,39)36-27(38)35-24-20-5-4-6-22(20)33-25-21(24)11-13-28(25,2)3/h7-10,15-16H,4-6,11-14H2,1-3H3,(H2,30,32,34,37)(H3,29,33,35,36,38,39). The van der Waals surface area contributed by atoms with Gasteiger partial charge in [-0.25, -0.2) is 23.9 Å². The molecule has 4 amide bonds. The summed E-state index contributed by atoms with van der Waals surface area (Å²) in [6.45, 7) is 6.52. The van der Waals surface area contributed by atoms with Crippen LogP contribution in [-0.4, -0.2) is 37.8 Å². The molecular weight excluding hydrogens is 528 g/mol. The van der Waals surface area contributed by atoms with Gasteiger partial charge in [0, 0.05) is 17.7 Å². The summed E-state index contributed by atoms with van der Waals surface area (Å²) in [5.74, 6) is 0.361.